The summed E-state index contributed by atoms with van der Waals surface area (Å²) in [7, 11) is 0. The number of nitrogens with zero attached hydrogens (tertiary/aromatic N) is 1. The van der Waals surface area contributed by atoms with E-state index in [1.165, 1.54) is 0 Å². The van der Waals surface area contributed by atoms with E-state index in [9.17, 15) is 9.59 Å². The number of ether oxygens (including phenoxy) is 5. The SMILES string of the molecule is CCOCc1c(C(=O)OCC(=O)Nc2cc(OCC)c(N3CCOCC3)cc2OCC)oc2ccccc12. The van der Waals surface area contributed by atoms with E-state index in [1.807, 2.05) is 45.0 Å². The van der Waals surface area contributed by atoms with Crippen LogP contribution in [0.2, 0.25) is 0 Å². The first kappa shape index (κ1) is 27.3. The summed E-state index contributed by atoms with van der Waals surface area (Å²) in [6, 6.07) is 10.9. The molecule has 1 N–H and O–H groups in total. The first-order chi connectivity index (χ1) is 18.5. The lowest BCUT2D eigenvalue weighted by atomic mass is 10.1. The Kier molecular flexibility index (Phi) is 9.45. The molecule has 0 spiro atoms. The first-order valence-electron chi connectivity index (χ1n) is 12.9. The Morgan fingerprint density at radius 1 is 0.974 bits per heavy atom. The van der Waals surface area contributed by atoms with Crippen LogP contribution in [0.3, 0.4) is 0 Å². The molecule has 38 heavy (non-hydrogen) atoms. The van der Waals surface area contributed by atoms with Crippen molar-refractivity contribution in [1.29, 1.82) is 0 Å². The molecule has 1 amide bonds. The second-order valence-electron chi connectivity index (χ2n) is 8.45. The van der Waals surface area contributed by atoms with Gasteiger partial charge in [0.25, 0.3) is 5.91 Å². The highest BCUT2D eigenvalue weighted by atomic mass is 16.5. The number of amides is 1. The van der Waals surface area contributed by atoms with Crippen LogP contribution < -0.4 is 19.7 Å². The Bertz CT molecular complexity index is 1250. The van der Waals surface area contributed by atoms with Gasteiger partial charge in [0.1, 0.15) is 17.1 Å². The second-order valence-corrected chi connectivity index (χ2v) is 8.45. The number of anilines is 2. The van der Waals surface area contributed by atoms with E-state index >= 15 is 0 Å². The van der Waals surface area contributed by atoms with E-state index in [-0.39, 0.29) is 12.4 Å². The van der Waals surface area contributed by atoms with Crippen molar-refractivity contribution in [1.82, 2.24) is 0 Å². The number of hydrogen-bond donors (Lipinski definition) is 1. The van der Waals surface area contributed by atoms with Crippen LogP contribution in [0.1, 0.15) is 36.9 Å². The average molecular weight is 527 g/mol. The van der Waals surface area contributed by atoms with Gasteiger partial charge in [-0.3, -0.25) is 4.79 Å². The second kappa shape index (κ2) is 13.2. The first-order valence-corrected chi connectivity index (χ1v) is 12.9. The molecule has 0 bridgehead atoms. The zero-order valence-corrected chi connectivity index (χ0v) is 22.0. The number of morpholine rings is 1. The third-order valence-electron chi connectivity index (χ3n) is 5.96. The molecule has 0 radical (unpaired) electrons. The molecule has 3 aromatic rings. The largest absolute Gasteiger partial charge is 0.492 e. The number of carbonyl (C=O) groups excluding carboxylic acids is 2. The van der Waals surface area contributed by atoms with E-state index in [0.717, 1.165) is 24.2 Å². The highest BCUT2D eigenvalue weighted by Gasteiger charge is 2.24. The number of rotatable bonds is 12. The molecule has 0 unspecified atom stereocenters. The van der Waals surface area contributed by atoms with Crippen molar-refractivity contribution in [2.45, 2.75) is 27.4 Å². The molecule has 0 aliphatic carbocycles. The van der Waals surface area contributed by atoms with Gasteiger partial charge in [-0.2, -0.15) is 0 Å². The zero-order valence-electron chi connectivity index (χ0n) is 22.0. The van der Waals surface area contributed by atoms with Crippen LogP contribution in [0.5, 0.6) is 11.5 Å². The van der Waals surface area contributed by atoms with Crippen LogP contribution in [-0.2, 0) is 25.6 Å². The molecule has 10 nitrogen and oxygen atoms in total. The Labute approximate surface area is 221 Å². The molecule has 2 heterocycles. The van der Waals surface area contributed by atoms with E-state index in [4.69, 9.17) is 28.1 Å². The van der Waals surface area contributed by atoms with Crippen LogP contribution in [0.15, 0.2) is 40.8 Å². The average Bonchev–Trinajstić information content (AvgIpc) is 3.31. The number of fused-ring (bicyclic) bond motifs is 1. The minimum absolute atomic E-state index is 0.0240. The maximum Gasteiger partial charge on any atom is 0.375 e. The van der Waals surface area contributed by atoms with Gasteiger partial charge in [-0.25, -0.2) is 4.79 Å². The standard InChI is InChI=1S/C28H34N2O8/c1-4-33-17-20-19-9-7-8-10-23(19)38-27(20)28(32)37-18-26(31)29-21-15-25(36-6-3)22(16-24(21)35-5-2)30-11-13-34-14-12-30/h7-10,15-16H,4-6,11-14,17-18H2,1-3H3,(H,29,31). The zero-order chi connectivity index (χ0) is 26.9. The number of esters is 1. The van der Waals surface area contributed by atoms with Crippen molar-refractivity contribution in [3.63, 3.8) is 0 Å². The predicted molar refractivity (Wildman–Crippen MR) is 142 cm³/mol. The normalized spacial score (nSPS) is 13.4. The smallest absolute Gasteiger partial charge is 0.375 e. The van der Waals surface area contributed by atoms with E-state index in [0.29, 0.717) is 61.4 Å². The number of benzene rings is 2. The van der Waals surface area contributed by atoms with Gasteiger partial charge >= 0.3 is 5.97 Å². The summed E-state index contributed by atoms with van der Waals surface area (Å²) in [6.45, 7) is 9.34. The molecular weight excluding hydrogens is 492 g/mol. The molecule has 4 rings (SSSR count). The molecule has 1 aliphatic rings. The van der Waals surface area contributed by atoms with Gasteiger partial charge in [0.2, 0.25) is 5.76 Å². The summed E-state index contributed by atoms with van der Waals surface area (Å²) in [5, 5.41) is 3.55. The van der Waals surface area contributed by atoms with Crippen molar-refractivity contribution in [3.05, 3.63) is 47.7 Å². The van der Waals surface area contributed by atoms with Gasteiger partial charge in [-0.15, -0.1) is 0 Å². The highest BCUT2D eigenvalue weighted by Crippen LogP contribution is 2.39. The third kappa shape index (κ3) is 6.38. The van der Waals surface area contributed by atoms with Crippen LogP contribution in [0, 0.1) is 0 Å². The van der Waals surface area contributed by atoms with Crippen LogP contribution in [0.4, 0.5) is 11.4 Å². The summed E-state index contributed by atoms with van der Waals surface area (Å²) in [6.07, 6.45) is 0. The topological polar surface area (TPSA) is 109 Å². The number of nitrogens with one attached hydrogen (secondary N) is 1. The van der Waals surface area contributed by atoms with Crippen molar-refractivity contribution < 1.29 is 37.7 Å². The molecule has 10 heteroatoms. The summed E-state index contributed by atoms with van der Waals surface area (Å²) in [5.74, 6) is -0.130. The number of para-hydroxylation sites is 1. The van der Waals surface area contributed by atoms with Gasteiger partial charge < -0.3 is 38.3 Å². The molecule has 0 saturated carbocycles. The Balaban J connectivity index is 1.49. The Hall–Kier alpha value is -3.76. The summed E-state index contributed by atoms with van der Waals surface area (Å²) >= 11 is 0. The quantitative estimate of drug-likeness (QED) is 0.344. The fraction of sp³-hybridized carbons (Fsp3) is 0.429. The predicted octanol–water partition coefficient (Wildman–Crippen LogP) is 4.40. The van der Waals surface area contributed by atoms with Crippen molar-refractivity contribution in [3.8, 4) is 11.5 Å². The van der Waals surface area contributed by atoms with Crippen molar-refractivity contribution in [2.75, 3.05) is 62.9 Å². The van der Waals surface area contributed by atoms with Crippen molar-refractivity contribution >= 4 is 34.2 Å². The number of carbonyl (C=O) groups is 2. The van der Waals surface area contributed by atoms with E-state index in [1.54, 1.807) is 12.1 Å². The van der Waals surface area contributed by atoms with Gasteiger partial charge in [-0.1, -0.05) is 18.2 Å². The molecule has 0 atom stereocenters. The van der Waals surface area contributed by atoms with Crippen molar-refractivity contribution in [2.24, 2.45) is 0 Å². The minimum atomic E-state index is -0.742. The summed E-state index contributed by atoms with van der Waals surface area (Å²) in [4.78, 5) is 27.9. The van der Waals surface area contributed by atoms with Gasteiger partial charge in [-0.05, 0) is 26.8 Å². The third-order valence-corrected chi connectivity index (χ3v) is 5.96. The minimum Gasteiger partial charge on any atom is -0.492 e. The van der Waals surface area contributed by atoms with Crippen LogP contribution in [-0.4, -0.2) is 64.6 Å². The summed E-state index contributed by atoms with van der Waals surface area (Å²) < 4.78 is 33.7. The van der Waals surface area contributed by atoms with Gasteiger partial charge in [0.05, 0.1) is 44.4 Å². The Morgan fingerprint density at radius 3 is 2.45 bits per heavy atom. The lowest BCUT2D eigenvalue weighted by Crippen LogP contribution is -2.36. The summed E-state index contributed by atoms with van der Waals surface area (Å²) in [5.41, 5.74) is 2.43. The fourth-order valence-electron chi connectivity index (χ4n) is 4.24. The highest BCUT2D eigenvalue weighted by molar-refractivity contribution is 5.99. The molecule has 1 saturated heterocycles. The molecular formula is C28H34N2O8. The fourth-order valence-corrected chi connectivity index (χ4v) is 4.24. The number of hydrogen-bond acceptors (Lipinski definition) is 9. The molecule has 1 fully saturated rings. The van der Waals surface area contributed by atoms with E-state index in [2.05, 4.69) is 10.2 Å². The lowest BCUT2D eigenvalue weighted by Gasteiger charge is -2.31. The maximum atomic E-state index is 12.9. The van der Waals surface area contributed by atoms with Gasteiger partial charge in [0.15, 0.2) is 6.61 Å². The van der Waals surface area contributed by atoms with Gasteiger partial charge in [0, 0.05) is 42.8 Å². The van der Waals surface area contributed by atoms with E-state index < -0.39 is 18.5 Å². The van der Waals surface area contributed by atoms with Crippen LogP contribution in [0.25, 0.3) is 11.0 Å². The maximum absolute atomic E-state index is 12.9. The molecule has 2 aromatic carbocycles. The molecule has 1 aliphatic heterocycles. The van der Waals surface area contributed by atoms with Crippen LogP contribution >= 0.6 is 0 Å². The molecule has 204 valence electrons. The lowest BCUT2D eigenvalue weighted by molar-refractivity contribution is -0.119. The Morgan fingerprint density at radius 2 is 1.71 bits per heavy atom. The molecule has 1 aromatic heterocycles. The number of furan rings is 1. The monoisotopic (exact) mass is 526 g/mol.